The zero-order valence-corrected chi connectivity index (χ0v) is 15.7. The van der Waals surface area contributed by atoms with Gasteiger partial charge in [0.1, 0.15) is 17.2 Å². The summed E-state index contributed by atoms with van der Waals surface area (Å²) in [4.78, 5) is 16.1. The van der Waals surface area contributed by atoms with Gasteiger partial charge in [-0.2, -0.15) is 9.97 Å². The lowest BCUT2D eigenvalue weighted by molar-refractivity contribution is -0.197. The molecule has 7 N–H and O–H groups in total. The van der Waals surface area contributed by atoms with Gasteiger partial charge in [-0.25, -0.2) is 9.97 Å². The summed E-state index contributed by atoms with van der Waals surface area (Å²) in [6.45, 7) is 0.0617. The smallest absolute Gasteiger partial charge is 0.224 e. The zero-order valence-electron chi connectivity index (χ0n) is 15.7. The molecule has 12 heteroatoms. The fourth-order valence-corrected chi connectivity index (χ4v) is 3.90. The summed E-state index contributed by atoms with van der Waals surface area (Å²) >= 11 is 0. The van der Waals surface area contributed by atoms with E-state index in [-0.39, 0.29) is 36.0 Å². The minimum absolute atomic E-state index is 0.0539. The molecule has 0 amide bonds. The molecule has 156 valence electrons. The van der Waals surface area contributed by atoms with E-state index in [0.29, 0.717) is 6.42 Å². The molecule has 3 atom stereocenters. The Morgan fingerprint density at radius 1 is 1.21 bits per heavy atom. The van der Waals surface area contributed by atoms with Gasteiger partial charge in [0.2, 0.25) is 11.7 Å². The minimum atomic E-state index is -2.02. The molecule has 0 radical (unpaired) electrons. The Bertz CT molecular complexity index is 993. The second-order valence-electron chi connectivity index (χ2n) is 7.25. The van der Waals surface area contributed by atoms with Gasteiger partial charge < -0.3 is 36.1 Å². The summed E-state index contributed by atoms with van der Waals surface area (Å²) in [7, 11) is 0. The Labute approximate surface area is 165 Å². The van der Waals surface area contributed by atoms with E-state index in [9.17, 15) is 15.3 Å². The molecule has 1 aliphatic heterocycles. The molecule has 4 rings (SSSR count). The van der Waals surface area contributed by atoms with Crippen molar-refractivity contribution in [2.24, 2.45) is 0 Å². The highest BCUT2D eigenvalue weighted by Crippen LogP contribution is 2.43. The van der Waals surface area contributed by atoms with E-state index in [4.69, 9.17) is 16.2 Å². The first-order valence-corrected chi connectivity index (χ1v) is 9.28. The lowest BCUT2D eigenvalue weighted by Gasteiger charge is -2.39. The number of nitrogen functional groups attached to an aromatic ring is 2. The molecule has 3 aromatic rings. The highest BCUT2D eigenvalue weighted by molar-refractivity contribution is 5.82. The Morgan fingerprint density at radius 2 is 2.03 bits per heavy atom. The summed E-state index contributed by atoms with van der Waals surface area (Å²) in [5.41, 5.74) is 8.24. The van der Waals surface area contributed by atoms with Crippen LogP contribution in [0.2, 0.25) is 0 Å². The highest BCUT2D eigenvalue weighted by atomic mass is 16.6. The number of hydrogen-bond acceptors (Lipinski definition) is 10. The molecular weight excluding hydrogens is 380 g/mol. The molecule has 29 heavy (non-hydrogen) atoms. The fraction of sp³-hybridized carbons (Fsp3) is 0.529. The maximum Gasteiger partial charge on any atom is 0.224 e. The maximum absolute atomic E-state index is 11.6. The van der Waals surface area contributed by atoms with E-state index in [1.807, 2.05) is 10.8 Å². The van der Waals surface area contributed by atoms with E-state index in [2.05, 4.69) is 19.9 Å². The topological polar surface area (TPSA) is 183 Å². The third-order valence-corrected chi connectivity index (χ3v) is 5.45. The quantitative estimate of drug-likeness (QED) is 0.300. The number of imidazole rings is 2. The van der Waals surface area contributed by atoms with Gasteiger partial charge in [0.25, 0.3) is 0 Å². The Balaban J connectivity index is 1.64. The van der Waals surface area contributed by atoms with E-state index < -0.39 is 24.0 Å². The van der Waals surface area contributed by atoms with Crippen LogP contribution in [0.5, 0.6) is 0 Å². The van der Waals surface area contributed by atoms with Crippen LogP contribution < -0.4 is 11.5 Å². The summed E-state index contributed by atoms with van der Waals surface area (Å²) in [5.74, 6) is -0.0399. The number of aryl methyl sites for hydroxylation is 1. The van der Waals surface area contributed by atoms with Gasteiger partial charge in [-0.1, -0.05) is 0 Å². The SMILES string of the molecule is Nc1nc(N)c2ncn([C@]3(O)[C@@H](CO)OC[C@@]3(O)CCCCn3ccnc3)c2n1. The number of rotatable bonds is 7. The maximum atomic E-state index is 11.6. The molecule has 1 aliphatic rings. The van der Waals surface area contributed by atoms with Crippen molar-refractivity contribution in [3.8, 4) is 0 Å². The number of ether oxygens (including phenoxy) is 1. The lowest BCUT2D eigenvalue weighted by Crippen LogP contribution is -2.58. The largest absolute Gasteiger partial charge is 0.393 e. The first-order chi connectivity index (χ1) is 13.9. The third-order valence-electron chi connectivity index (χ3n) is 5.45. The standard InChI is InChI=1S/C17H24N8O4/c18-13-12-14(23-15(19)22-13)25(10-21-12)17(28)11(7-26)29-8-16(17,27)3-1-2-5-24-6-4-20-9-24/h4,6,9-11,26-28H,1-3,5,7-8H2,(H4,18,19,22,23)/t11-,16+,17+/m1/s1. The molecule has 0 bridgehead atoms. The first-order valence-electron chi connectivity index (χ1n) is 9.28. The van der Waals surface area contributed by atoms with Crippen molar-refractivity contribution in [3.63, 3.8) is 0 Å². The summed E-state index contributed by atoms with van der Waals surface area (Å²) < 4.78 is 8.75. The fourth-order valence-electron chi connectivity index (χ4n) is 3.90. The summed E-state index contributed by atoms with van der Waals surface area (Å²) in [6, 6.07) is 0. The van der Waals surface area contributed by atoms with Gasteiger partial charge in [0.05, 0.1) is 25.9 Å². The minimum Gasteiger partial charge on any atom is -0.393 e. The average molecular weight is 404 g/mol. The number of nitrogens with zero attached hydrogens (tertiary/aromatic N) is 6. The predicted molar refractivity (Wildman–Crippen MR) is 102 cm³/mol. The van der Waals surface area contributed by atoms with Gasteiger partial charge >= 0.3 is 0 Å². The van der Waals surface area contributed by atoms with Gasteiger partial charge in [-0.3, -0.25) is 4.57 Å². The molecule has 4 heterocycles. The van der Waals surface area contributed by atoms with Gasteiger partial charge in [0, 0.05) is 18.9 Å². The number of fused-ring (bicyclic) bond motifs is 1. The Morgan fingerprint density at radius 3 is 2.76 bits per heavy atom. The van der Waals surface area contributed by atoms with Crippen LogP contribution in [0.3, 0.4) is 0 Å². The Hall–Kier alpha value is -2.80. The van der Waals surface area contributed by atoms with E-state index in [0.717, 1.165) is 13.0 Å². The highest BCUT2D eigenvalue weighted by Gasteiger charge is 2.62. The van der Waals surface area contributed by atoms with Crippen LogP contribution in [-0.2, 0) is 17.0 Å². The van der Waals surface area contributed by atoms with Gasteiger partial charge in [-0.05, 0) is 19.3 Å². The summed E-state index contributed by atoms with van der Waals surface area (Å²) in [6.07, 6.45) is 7.07. The van der Waals surface area contributed by atoms with Crippen molar-refractivity contribution >= 4 is 22.9 Å². The van der Waals surface area contributed by atoms with Crippen molar-refractivity contribution in [2.75, 3.05) is 24.7 Å². The van der Waals surface area contributed by atoms with Gasteiger partial charge in [0.15, 0.2) is 11.5 Å². The van der Waals surface area contributed by atoms with Crippen molar-refractivity contribution in [1.82, 2.24) is 29.1 Å². The second kappa shape index (κ2) is 7.22. The summed E-state index contributed by atoms with van der Waals surface area (Å²) in [5, 5.41) is 32.8. The molecule has 12 nitrogen and oxygen atoms in total. The van der Waals surface area contributed by atoms with Gasteiger partial charge in [-0.15, -0.1) is 0 Å². The van der Waals surface area contributed by atoms with Crippen LogP contribution >= 0.6 is 0 Å². The van der Waals surface area contributed by atoms with Crippen molar-refractivity contribution in [3.05, 3.63) is 25.0 Å². The first kappa shape index (κ1) is 19.5. The molecule has 1 saturated heterocycles. The average Bonchev–Trinajstić information content (AvgIpc) is 3.39. The number of anilines is 2. The molecule has 0 aromatic carbocycles. The second-order valence-corrected chi connectivity index (χ2v) is 7.25. The van der Waals surface area contributed by atoms with Crippen molar-refractivity contribution in [1.29, 1.82) is 0 Å². The van der Waals surface area contributed by atoms with Crippen LogP contribution in [-0.4, -0.2) is 69.3 Å². The number of unbranched alkanes of at least 4 members (excludes halogenated alkanes) is 1. The molecule has 0 unspecified atom stereocenters. The number of hydrogen-bond donors (Lipinski definition) is 5. The van der Waals surface area contributed by atoms with Crippen molar-refractivity contribution in [2.45, 2.75) is 43.2 Å². The number of aliphatic hydroxyl groups excluding tert-OH is 1. The van der Waals surface area contributed by atoms with E-state index in [1.54, 1.807) is 12.5 Å². The van der Waals surface area contributed by atoms with E-state index >= 15 is 0 Å². The normalized spacial score (nSPS) is 27.1. The van der Waals surface area contributed by atoms with Crippen LogP contribution in [0.1, 0.15) is 19.3 Å². The number of aliphatic hydroxyl groups is 3. The number of nitrogens with two attached hydrogens (primary N) is 2. The third kappa shape index (κ3) is 3.09. The molecule has 3 aromatic heterocycles. The zero-order chi connectivity index (χ0) is 20.6. The van der Waals surface area contributed by atoms with Crippen molar-refractivity contribution < 1.29 is 20.1 Å². The lowest BCUT2D eigenvalue weighted by atomic mass is 9.84. The van der Waals surface area contributed by atoms with Crippen LogP contribution in [0.4, 0.5) is 11.8 Å². The predicted octanol–water partition coefficient (Wildman–Crippen LogP) is -1.17. The molecule has 0 aliphatic carbocycles. The van der Waals surface area contributed by atoms with Crippen LogP contribution in [0, 0.1) is 0 Å². The van der Waals surface area contributed by atoms with Crippen LogP contribution in [0.15, 0.2) is 25.0 Å². The number of aromatic nitrogens is 6. The van der Waals surface area contributed by atoms with E-state index in [1.165, 1.54) is 10.9 Å². The molecular formula is C17H24N8O4. The van der Waals surface area contributed by atoms with Crippen LogP contribution in [0.25, 0.3) is 11.2 Å². The molecule has 0 spiro atoms. The Kier molecular flexibility index (Phi) is 4.86. The molecule has 0 saturated carbocycles. The molecule has 1 fully saturated rings. The monoisotopic (exact) mass is 404 g/mol.